The lowest BCUT2D eigenvalue weighted by Crippen LogP contribution is -2.27. The Kier molecular flexibility index (Phi) is 8.35. The van der Waals surface area contributed by atoms with Crippen molar-refractivity contribution in [2.24, 2.45) is 0 Å². The lowest BCUT2D eigenvalue weighted by Gasteiger charge is -2.15. The normalized spacial score (nSPS) is 11.4. The molecule has 0 rings (SSSR count). The smallest absolute Gasteiger partial charge is 0.243 e. The number of rotatable bonds is 7. The monoisotopic (exact) mass is 253 g/mol. The van der Waals surface area contributed by atoms with Crippen molar-refractivity contribution in [2.45, 2.75) is 20.3 Å². The van der Waals surface area contributed by atoms with E-state index in [-0.39, 0.29) is 11.8 Å². The summed E-state index contributed by atoms with van der Waals surface area (Å²) in [5, 5.41) is 5.71. The average Bonchev–Trinajstić information content (AvgIpc) is 2.36. The Morgan fingerprint density at radius 2 is 1.94 bits per heavy atom. The minimum Gasteiger partial charge on any atom is -0.385 e. The fourth-order valence-electron chi connectivity index (χ4n) is 1.21. The zero-order chi connectivity index (χ0) is 14.0. The maximum Gasteiger partial charge on any atom is 0.243 e. The van der Waals surface area contributed by atoms with Crippen molar-refractivity contribution in [2.75, 3.05) is 27.2 Å². The average molecular weight is 253 g/mol. The quantitative estimate of drug-likeness (QED) is 0.398. The Bertz CT molecular complexity index is 335. The molecule has 0 saturated heterocycles. The van der Waals surface area contributed by atoms with Gasteiger partial charge in [-0.25, -0.2) is 0 Å². The molecule has 0 aliphatic carbocycles. The van der Waals surface area contributed by atoms with Crippen molar-refractivity contribution in [1.29, 1.82) is 0 Å². The van der Waals surface area contributed by atoms with Crippen molar-refractivity contribution in [1.82, 2.24) is 15.5 Å². The SMILES string of the molecule is C/C=C(\C=C\C(=O)NC)NCCCN(C)C(C)=O. The number of hydrogen-bond acceptors (Lipinski definition) is 3. The molecule has 0 saturated carbocycles. The fraction of sp³-hybridized carbons (Fsp3) is 0.538. The van der Waals surface area contributed by atoms with Gasteiger partial charge in [0, 0.05) is 45.9 Å². The zero-order valence-corrected chi connectivity index (χ0v) is 11.6. The van der Waals surface area contributed by atoms with E-state index in [9.17, 15) is 9.59 Å². The topological polar surface area (TPSA) is 61.4 Å². The van der Waals surface area contributed by atoms with Gasteiger partial charge in [-0.1, -0.05) is 6.08 Å². The lowest BCUT2D eigenvalue weighted by atomic mass is 10.3. The van der Waals surface area contributed by atoms with Crippen LogP contribution >= 0.6 is 0 Å². The Morgan fingerprint density at radius 1 is 1.28 bits per heavy atom. The third kappa shape index (κ3) is 7.49. The highest BCUT2D eigenvalue weighted by Crippen LogP contribution is 1.93. The highest BCUT2D eigenvalue weighted by Gasteiger charge is 2.00. The third-order valence-electron chi connectivity index (χ3n) is 2.51. The summed E-state index contributed by atoms with van der Waals surface area (Å²) in [6.07, 6.45) is 5.97. The summed E-state index contributed by atoms with van der Waals surface area (Å²) in [5.41, 5.74) is 0.893. The first-order chi connectivity index (χ1) is 8.51. The molecule has 102 valence electrons. The summed E-state index contributed by atoms with van der Waals surface area (Å²) in [6.45, 7) is 4.93. The highest BCUT2D eigenvalue weighted by molar-refractivity contribution is 5.87. The number of nitrogens with one attached hydrogen (secondary N) is 2. The predicted octanol–water partition coefficient (Wildman–Crippen LogP) is 0.650. The van der Waals surface area contributed by atoms with E-state index in [2.05, 4.69) is 10.6 Å². The van der Waals surface area contributed by atoms with Gasteiger partial charge in [-0.3, -0.25) is 9.59 Å². The van der Waals surface area contributed by atoms with Gasteiger partial charge in [0.2, 0.25) is 11.8 Å². The highest BCUT2D eigenvalue weighted by atomic mass is 16.2. The summed E-state index contributed by atoms with van der Waals surface area (Å²) in [5.74, 6) is -0.0618. The van der Waals surface area contributed by atoms with Gasteiger partial charge in [0.05, 0.1) is 0 Å². The van der Waals surface area contributed by atoms with Gasteiger partial charge in [-0.15, -0.1) is 0 Å². The van der Waals surface area contributed by atoms with Crippen LogP contribution < -0.4 is 10.6 Å². The van der Waals surface area contributed by atoms with Crippen molar-refractivity contribution in [3.8, 4) is 0 Å². The summed E-state index contributed by atoms with van der Waals surface area (Å²) in [4.78, 5) is 23.7. The minimum atomic E-state index is -0.132. The number of allylic oxidation sites excluding steroid dienone is 2. The Morgan fingerprint density at radius 3 is 2.44 bits per heavy atom. The van der Waals surface area contributed by atoms with Gasteiger partial charge in [-0.2, -0.15) is 0 Å². The molecule has 0 fully saturated rings. The van der Waals surface area contributed by atoms with E-state index in [0.717, 1.165) is 25.2 Å². The van der Waals surface area contributed by atoms with Crippen molar-refractivity contribution < 1.29 is 9.59 Å². The van der Waals surface area contributed by atoms with Crippen LogP contribution in [0.4, 0.5) is 0 Å². The van der Waals surface area contributed by atoms with Gasteiger partial charge < -0.3 is 15.5 Å². The van der Waals surface area contributed by atoms with E-state index in [0.29, 0.717) is 0 Å². The predicted molar refractivity (Wildman–Crippen MR) is 72.9 cm³/mol. The Hall–Kier alpha value is -1.78. The largest absolute Gasteiger partial charge is 0.385 e. The summed E-state index contributed by atoms with van der Waals surface area (Å²) >= 11 is 0. The second-order valence-corrected chi connectivity index (χ2v) is 3.91. The number of hydrogen-bond donors (Lipinski definition) is 2. The van der Waals surface area contributed by atoms with Crippen molar-refractivity contribution >= 4 is 11.8 Å². The van der Waals surface area contributed by atoms with Crippen molar-refractivity contribution in [3.05, 3.63) is 23.9 Å². The van der Waals surface area contributed by atoms with E-state index >= 15 is 0 Å². The fourth-order valence-corrected chi connectivity index (χ4v) is 1.21. The molecule has 0 unspecified atom stereocenters. The third-order valence-corrected chi connectivity index (χ3v) is 2.51. The molecule has 2 N–H and O–H groups in total. The maximum absolute atomic E-state index is 11.0. The number of likely N-dealkylation sites (N-methyl/N-ethyl adjacent to an activating group) is 1. The Balaban J connectivity index is 3.93. The molecule has 0 atom stereocenters. The lowest BCUT2D eigenvalue weighted by molar-refractivity contribution is -0.127. The van der Waals surface area contributed by atoms with Gasteiger partial charge in [0.15, 0.2) is 0 Å². The molecule has 2 amide bonds. The first-order valence-electron chi connectivity index (χ1n) is 6.03. The van der Waals surface area contributed by atoms with Crippen LogP contribution in [0.3, 0.4) is 0 Å². The molecule has 0 aromatic carbocycles. The molecular weight excluding hydrogens is 230 g/mol. The van der Waals surface area contributed by atoms with Gasteiger partial charge in [-0.05, 0) is 19.4 Å². The van der Waals surface area contributed by atoms with Crippen LogP contribution in [-0.4, -0.2) is 43.9 Å². The number of amides is 2. The van der Waals surface area contributed by atoms with Crippen LogP contribution in [0, 0.1) is 0 Å². The molecule has 0 aromatic heterocycles. The molecule has 0 aliphatic rings. The van der Waals surface area contributed by atoms with E-state index in [1.807, 2.05) is 13.0 Å². The van der Waals surface area contributed by atoms with Gasteiger partial charge >= 0.3 is 0 Å². The van der Waals surface area contributed by atoms with Gasteiger partial charge in [0.25, 0.3) is 0 Å². The molecular formula is C13H23N3O2. The van der Waals surface area contributed by atoms with E-state index in [4.69, 9.17) is 0 Å². The van der Waals surface area contributed by atoms with E-state index in [1.165, 1.54) is 6.08 Å². The first-order valence-corrected chi connectivity index (χ1v) is 6.03. The van der Waals surface area contributed by atoms with Crippen LogP contribution in [0.15, 0.2) is 23.9 Å². The Labute approximate surface area is 109 Å². The summed E-state index contributed by atoms with van der Waals surface area (Å²) in [6, 6.07) is 0. The summed E-state index contributed by atoms with van der Waals surface area (Å²) < 4.78 is 0. The van der Waals surface area contributed by atoms with Crippen LogP contribution in [0.2, 0.25) is 0 Å². The van der Waals surface area contributed by atoms with Gasteiger partial charge in [0.1, 0.15) is 0 Å². The minimum absolute atomic E-state index is 0.0702. The van der Waals surface area contributed by atoms with Crippen molar-refractivity contribution in [3.63, 3.8) is 0 Å². The second kappa shape index (κ2) is 9.27. The number of carbonyl (C=O) groups is 2. The standard InChI is InChI=1S/C13H23N3O2/c1-5-12(7-8-13(18)14-3)15-9-6-10-16(4)11(2)17/h5,7-8,15H,6,9-10H2,1-4H3,(H,14,18)/b8-7+,12-5+. The maximum atomic E-state index is 11.0. The molecule has 0 heterocycles. The van der Waals surface area contributed by atoms with Crippen LogP contribution in [0.1, 0.15) is 20.3 Å². The van der Waals surface area contributed by atoms with E-state index in [1.54, 1.807) is 32.0 Å². The van der Waals surface area contributed by atoms with Crippen LogP contribution in [-0.2, 0) is 9.59 Å². The molecule has 0 bridgehead atoms. The second-order valence-electron chi connectivity index (χ2n) is 3.91. The molecule has 0 radical (unpaired) electrons. The summed E-state index contributed by atoms with van der Waals surface area (Å²) in [7, 11) is 3.37. The molecule has 5 nitrogen and oxygen atoms in total. The van der Waals surface area contributed by atoms with Crippen LogP contribution in [0.5, 0.6) is 0 Å². The molecule has 0 aliphatic heterocycles. The molecule has 18 heavy (non-hydrogen) atoms. The van der Waals surface area contributed by atoms with Crippen LogP contribution in [0.25, 0.3) is 0 Å². The number of nitrogens with zero attached hydrogens (tertiary/aromatic N) is 1. The molecule has 5 heteroatoms. The molecule has 0 aromatic rings. The molecule has 0 spiro atoms. The van der Waals surface area contributed by atoms with E-state index < -0.39 is 0 Å². The first kappa shape index (κ1) is 16.2. The number of carbonyl (C=O) groups excluding carboxylic acids is 2. The zero-order valence-electron chi connectivity index (χ0n) is 11.6.